The van der Waals surface area contributed by atoms with Crippen molar-refractivity contribution in [3.63, 3.8) is 0 Å². The van der Waals surface area contributed by atoms with Crippen molar-refractivity contribution in [3.8, 4) is 11.3 Å². The van der Waals surface area contributed by atoms with Crippen LogP contribution in [-0.4, -0.2) is 15.0 Å². The predicted octanol–water partition coefficient (Wildman–Crippen LogP) is 4.21. The molecule has 0 unspecified atom stereocenters. The molecule has 3 heterocycles. The number of thiophene rings is 1. The van der Waals surface area contributed by atoms with Gasteiger partial charge in [-0.15, -0.1) is 11.3 Å². The minimum absolute atomic E-state index is 0.970. The molecule has 0 bridgehead atoms. The lowest BCUT2D eigenvalue weighted by molar-refractivity contribution is 1.23. The summed E-state index contributed by atoms with van der Waals surface area (Å²) in [5, 5.41) is 4.39. The van der Waals surface area contributed by atoms with Crippen molar-refractivity contribution in [2.24, 2.45) is 0 Å². The molecule has 0 saturated heterocycles. The van der Waals surface area contributed by atoms with Gasteiger partial charge in [0.25, 0.3) is 0 Å². The Hall–Kier alpha value is -2.33. The summed E-state index contributed by atoms with van der Waals surface area (Å²) in [5.74, 6) is 0. The van der Waals surface area contributed by atoms with Crippen LogP contribution in [0.25, 0.3) is 32.4 Å². The predicted molar refractivity (Wildman–Crippen MR) is 82.9 cm³/mol. The quantitative estimate of drug-likeness (QED) is 0.523. The third-order valence-electron chi connectivity index (χ3n) is 3.44. The van der Waals surface area contributed by atoms with Gasteiger partial charge in [0.15, 0.2) is 0 Å². The van der Waals surface area contributed by atoms with E-state index in [2.05, 4.69) is 51.5 Å². The Morgan fingerprint density at radius 2 is 1.90 bits per heavy atom. The first-order valence-corrected chi connectivity index (χ1v) is 7.25. The van der Waals surface area contributed by atoms with Crippen molar-refractivity contribution >= 4 is 32.5 Å². The van der Waals surface area contributed by atoms with Crippen LogP contribution in [0.2, 0.25) is 0 Å². The molecular weight excluding hydrogens is 266 g/mol. The Balaban J connectivity index is 2.14. The number of aromatic nitrogens is 3. The molecule has 0 spiro atoms. The highest BCUT2D eigenvalue weighted by molar-refractivity contribution is 7.17. The number of aryl methyl sites for hydroxylation is 1. The lowest BCUT2D eigenvalue weighted by Gasteiger charge is -2.06. The van der Waals surface area contributed by atoms with Crippen LogP contribution in [0.1, 0.15) is 5.56 Å². The van der Waals surface area contributed by atoms with E-state index in [1.165, 1.54) is 5.56 Å². The van der Waals surface area contributed by atoms with E-state index in [0.717, 1.165) is 32.4 Å². The molecule has 0 saturated carbocycles. The van der Waals surface area contributed by atoms with Gasteiger partial charge in [0.1, 0.15) is 11.2 Å². The highest BCUT2D eigenvalue weighted by Crippen LogP contribution is 2.34. The number of fused-ring (bicyclic) bond motifs is 2. The molecule has 0 aliphatic carbocycles. The molecule has 0 aliphatic rings. The SMILES string of the molecule is Cc1csc2ncnc(-c3cccc4cccnc34)c12. The van der Waals surface area contributed by atoms with Crippen LogP contribution >= 0.6 is 11.3 Å². The van der Waals surface area contributed by atoms with Gasteiger partial charge in [0, 0.05) is 22.5 Å². The maximum atomic E-state index is 4.52. The van der Waals surface area contributed by atoms with Gasteiger partial charge in [-0.25, -0.2) is 9.97 Å². The summed E-state index contributed by atoms with van der Waals surface area (Å²) < 4.78 is 0. The fourth-order valence-electron chi connectivity index (χ4n) is 2.52. The molecule has 4 heteroatoms. The van der Waals surface area contributed by atoms with Crippen LogP contribution in [0.15, 0.2) is 48.2 Å². The molecule has 0 aliphatic heterocycles. The van der Waals surface area contributed by atoms with Crippen LogP contribution < -0.4 is 0 Å². The van der Waals surface area contributed by atoms with Gasteiger partial charge in [-0.1, -0.05) is 24.3 Å². The average molecular weight is 277 g/mol. The lowest BCUT2D eigenvalue weighted by atomic mass is 10.0. The van der Waals surface area contributed by atoms with Gasteiger partial charge < -0.3 is 0 Å². The maximum absolute atomic E-state index is 4.52. The van der Waals surface area contributed by atoms with E-state index in [0.29, 0.717) is 0 Å². The van der Waals surface area contributed by atoms with Crippen molar-refractivity contribution < 1.29 is 0 Å². The van der Waals surface area contributed by atoms with E-state index in [-0.39, 0.29) is 0 Å². The highest BCUT2D eigenvalue weighted by atomic mass is 32.1. The van der Waals surface area contributed by atoms with E-state index in [1.807, 2.05) is 12.3 Å². The van der Waals surface area contributed by atoms with E-state index in [4.69, 9.17) is 0 Å². The van der Waals surface area contributed by atoms with Gasteiger partial charge >= 0.3 is 0 Å². The first kappa shape index (κ1) is 11.5. The molecule has 20 heavy (non-hydrogen) atoms. The van der Waals surface area contributed by atoms with E-state index in [9.17, 15) is 0 Å². The minimum atomic E-state index is 0.970. The third kappa shape index (κ3) is 1.62. The first-order chi connectivity index (χ1) is 9.84. The molecule has 3 aromatic heterocycles. The fraction of sp³-hybridized carbons (Fsp3) is 0.0625. The average Bonchev–Trinajstić information content (AvgIpc) is 2.88. The number of nitrogens with zero attached hydrogens (tertiary/aromatic N) is 3. The monoisotopic (exact) mass is 277 g/mol. The summed E-state index contributed by atoms with van der Waals surface area (Å²) in [7, 11) is 0. The second-order valence-electron chi connectivity index (χ2n) is 4.70. The second kappa shape index (κ2) is 4.35. The summed E-state index contributed by atoms with van der Waals surface area (Å²) in [6.07, 6.45) is 3.46. The molecule has 0 amide bonds. The third-order valence-corrected chi connectivity index (χ3v) is 4.45. The molecule has 1 aromatic carbocycles. The molecule has 0 N–H and O–H groups in total. The number of pyridine rings is 1. The Bertz CT molecular complexity index is 922. The van der Waals surface area contributed by atoms with Crippen LogP contribution in [-0.2, 0) is 0 Å². The smallest absolute Gasteiger partial charge is 0.127 e. The van der Waals surface area contributed by atoms with E-state index in [1.54, 1.807) is 17.7 Å². The largest absolute Gasteiger partial charge is 0.256 e. The summed E-state index contributed by atoms with van der Waals surface area (Å²) in [6.45, 7) is 2.10. The van der Waals surface area contributed by atoms with Crippen molar-refractivity contribution in [1.82, 2.24) is 15.0 Å². The van der Waals surface area contributed by atoms with E-state index >= 15 is 0 Å². The Labute approximate surface area is 120 Å². The standard InChI is InChI=1S/C16H11N3S/c1-10-8-20-16-13(10)15(18-9-19-16)12-6-2-4-11-5-3-7-17-14(11)12/h2-9H,1H3. The molecule has 96 valence electrons. The van der Waals surface area contributed by atoms with Crippen LogP contribution in [0.4, 0.5) is 0 Å². The number of hydrogen-bond acceptors (Lipinski definition) is 4. The normalized spacial score (nSPS) is 11.2. The molecule has 4 rings (SSSR count). The molecule has 0 fully saturated rings. The topological polar surface area (TPSA) is 38.7 Å². The van der Waals surface area contributed by atoms with Crippen LogP contribution in [0.5, 0.6) is 0 Å². The van der Waals surface area contributed by atoms with Crippen molar-refractivity contribution in [2.75, 3.05) is 0 Å². The van der Waals surface area contributed by atoms with Gasteiger partial charge in [0.2, 0.25) is 0 Å². The lowest BCUT2D eigenvalue weighted by Crippen LogP contribution is -1.90. The van der Waals surface area contributed by atoms with Crippen LogP contribution in [0, 0.1) is 6.92 Å². The fourth-order valence-corrected chi connectivity index (χ4v) is 3.41. The maximum Gasteiger partial charge on any atom is 0.127 e. The van der Waals surface area contributed by atoms with Crippen molar-refractivity contribution in [2.45, 2.75) is 6.92 Å². The Kier molecular flexibility index (Phi) is 2.50. The Morgan fingerprint density at radius 3 is 2.85 bits per heavy atom. The molecule has 4 aromatic rings. The minimum Gasteiger partial charge on any atom is -0.256 e. The zero-order valence-electron chi connectivity index (χ0n) is 10.9. The van der Waals surface area contributed by atoms with Crippen molar-refractivity contribution in [1.29, 1.82) is 0 Å². The molecule has 0 radical (unpaired) electrons. The van der Waals surface area contributed by atoms with Gasteiger partial charge in [-0.2, -0.15) is 0 Å². The molecular formula is C16H11N3S. The number of para-hydroxylation sites is 1. The number of benzene rings is 1. The van der Waals surface area contributed by atoms with Gasteiger partial charge in [0.05, 0.1) is 11.2 Å². The Morgan fingerprint density at radius 1 is 1.00 bits per heavy atom. The molecule has 3 nitrogen and oxygen atoms in total. The summed E-state index contributed by atoms with van der Waals surface area (Å²) in [4.78, 5) is 14.4. The number of rotatable bonds is 1. The second-order valence-corrected chi connectivity index (χ2v) is 5.56. The highest BCUT2D eigenvalue weighted by Gasteiger charge is 2.13. The zero-order chi connectivity index (χ0) is 13.5. The van der Waals surface area contributed by atoms with Crippen LogP contribution in [0.3, 0.4) is 0 Å². The first-order valence-electron chi connectivity index (χ1n) is 6.37. The van der Waals surface area contributed by atoms with Gasteiger partial charge in [-0.3, -0.25) is 4.98 Å². The number of hydrogen-bond donors (Lipinski definition) is 0. The molecule has 0 atom stereocenters. The zero-order valence-corrected chi connectivity index (χ0v) is 11.7. The summed E-state index contributed by atoms with van der Waals surface area (Å²) in [6, 6.07) is 10.2. The van der Waals surface area contributed by atoms with E-state index < -0.39 is 0 Å². The van der Waals surface area contributed by atoms with Gasteiger partial charge in [-0.05, 0) is 23.9 Å². The summed E-state index contributed by atoms with van der Waals surface area (Å²) >= 11 is 1.66. The summed E-state index contributed by atoms with van der Waals surface area (Å²) in [5.41, 5.74) is 4.24. The van der Waals surface area contributed by atoms with Crippen molar-refractivity contribution in [3.05, 3.63) is 53.8 Å².